The smallest absolute Gasteiger partial charge is 0.337 e. The van der Waals surface area contributed by atoms with Crippen molar-refractivity contribution in [2.45, 2.75) is 65.3 Å². The molecule has 0 saturated carbocycles. The number of hydrogen-bond donors (Lipinski definition) is 1. The molecule has 0 aromatic carbocycles. The maximum absolute atomic E-state index is 13.0. The van der Waals surface area contributed by atoms with E-state index in [1.807, 2.05) is 4.90 Å². The van der Waals surface area contributed by atoms with Gasteiger partial charge >= 0.3 is 5.97 Å². The maximum atomic E-state index is 13.0. The number of hydrogen-bond acceptors (Lipinski definition) is 3. The first kappa shape index (κ1) is 16.5. The number of likely N-dealkylation sites (tertiary alicyclic amines) is 1. The third kappa shape index (κ3) is 3.03. The van der Waals surface area contributed by atoms with Crippen LogP contribution in [0.25, 0.3) is 0 Å². The van der Waals surface area contributed by atoms with Crippen LogP contribution in [0.1, 0.15) is 76.9 Å². The quantitative estimate of drug-likeness (QED) is 0.889. The molecule has 1 atom stereocenters. The van der Waals surface area contributed by atoms with E-state index < -0.39 is 5.97 Å². The van der Waals surface area contributed by atoms with Crippen LogP contribution >= 0.6 is 11.3 Å². The first-order valence-corrected chi connectivity index (χ1v) is 9.30. The highest BCUT2D eigenvalue weighted by molar-refractivity contribution is 7.14. The summed E-state index contributed by atoms with van der Waals surface area (Å²) in [6.07, 6.45) is 5.85. The number of thiophene rings is 1. The Hall–Kier alpha value is -1.36. The van der Waals surface area contributed by atoms with Crippen molar-refractivity contribution in [1.29, 1.82) is 0 Å². The summed E-state index contributed by atoms with van der Waals surface area (Å²) < 4.78 is 0. The van der Waals surface area contributed by atoms with Gasteiger partial charge in [-0.25, -0.2) is 4.79 Å². The van der Waals surface area contributed by atoms with E-state index in [1.165, 1.54) is 11.3 Å². The van der Waals surface area contributed by atoms with Crippen molar-refractivity contribution in [2.24, 2.45) is 5.41 Å². The summed E-state index contributed by atoms with van der Waals surface area (Å²) in [5.41, 5.74) is 1.30. The number of amides is 1. The minimum absolute atomic E-state index is 0.0770. The lowest BCUT2D eigenvalue weighted by atomic mass is 9.76. The van der Waals surface area contributed by atoms with Crippen molar-refractivity contribution in [2.75, 3.05) is 6.54 Å². The van der Waals surface area contributed by atoms with Crippen LogP contribution in [0.4, 0.5) is 0 Å². The molecule has 1 amide bonds. The summed E-state index contributed by atoms with van der Waals surface area (Å²) in [7, 11) is 0. The Balaban J connectivity index is 2.01. The Kier molecular flexibility index (Phi) is 4.25. The molecule has 4 nitrogen and oxygen atoms in total. The third-order valence-electron chi connectivity index (χ3n) is 5.25. The third-order valence-corrected chi connectivity index (χ3v) is 6.53. The van der Waals surface area contributed by atoms with Crippen LogP contribution in [-0.2, 0) is 12.8 Å². The van der Waals surface area contributed by atoms with Gasteiger partial charge in [0.15, 0.2) is 0 Å². The van der Waals surface area contributed by atoms with Gasteiger partial charge in [0.25, 0.3) is 5.91 Å². The average molecular weight is 335 g/mol. The molecule has 0 bridgehead atoms. The van der Waals surface area contributed by atoms with Crippen LogP contribution in [0.5, 0.6) is 0 Å². The van der Waals surface area contributed by atoms with Gasteiger partial charge in [0.05, 0.1) is 5.56 Å². The molecule has 23 heavy (non-hydrogen) atoms. The molecule has 1 aromatic rings. The van der Waals surface area contributed by atoms with E-state index in [0.29, 0.717) is 4.88 Å². The van der Waals surface area contributed by atoms with E-state index in [4.69, 9.17) is 0 Å². The molecule has 0 spiro atoms. The predicted octanol–water partition coefficient (Wildman–Crippen LogP) is 3.98. The van der Waals surface area contributed by atoms with Crippen LogP contribution in [-0.4, -0.2) is 34.5 Å². The summed E-state index contributed by atoms with van der Waals surface area (Å²) in [5, 5.41) is 9.73. The second kappa shape index (κ2) is 5.93. The first-order valence-electron chi connectivity index (χ1n) is 8.49. The van der Waals surface area contributed by atoms with E-state index in [9.17, 15) is 14.7 Å². The van der Waals surface area contributed by atoms with E-state index in [-0.39, 0.29) is 22.9 Å². The number of piperidine rings is 1. The Morgan fingerprint density at radius 3 is 2.70 bits per heavy atom. The second-order valence-electron chi connectivity index (χ2n) is 7.70. The fourth-order valence-corrected chi connectivity index (χ4v) is 5.09. The minimum atomic E-state index is -0.951. The number of rotatable bonds is 2. The number of fused-ring (bicyclic) bond motifs is 1. The minimum Gasteiger partial charge on any atom is -0.478 e. The molecule has 1 aliphatic carbocycles. The highest BCUT2D eigenvalue weighted by atomic mass is 32.1. The van der Waals surface area contributed by atoms with E-state index in [2.05, 4.69) is 20.8 Å². The zero-order valence-electron chi connectivity index (χ0n) is 14.1. The number of carboxylic acids is 1. The molecule has 5 heteroatoms. The molecule has 1 N–H and O–H groups in total. The fraction of sp³-hybridized carbons (Fsp3) is 0.667. The number of aryl methyl sites for hydroxylation is 1. The van der Waals surface area contributed by atoms with Crippen molar-refractivity contribution in [3.05, 3.63) is 20.9 Å². The lowest BCUT2D eigenvalue weighted by Gasteiger charge is -2.33. The van der Waals surface area contributed by atoms with Crippen molar-refractivity contribution in [3.8, 4) is 0 Å². The van der Waals surface area contributed by atoms with E-state index >= 15 is 0 Å². The van der Waals surface area contributed by atoms with Gasteiger partial charge in [-0.15, -0.1) is 11.3 Å². The van der Waals surface area contributed by atoms with Gasteiger partial charge < -0.3 is 10.0 Å². The van der Waals surface area contributed by atoms with Gasteiger partial charge in [-0.2, -0.15) is 0 Å². The average Bonchev–Trinajstić information content (AvgIpc) is 2.84. The first-order chi connectivity index (χ1) is 10.8. The standard InChI is InChI=1S/C18H25NO3S/c1-11-6-4-5-9-19(11)16(20)15-14(17(21)22)12-10-18(2,3)8-7-13(12)23-15/h11H,4-10H2,1-3H3,(H,21,22)/t11-/m0/s1. The van der Waals surface area contributed by atoms with Crippen LogP contribution < -0.4 is 0 Å². The van der Waals surface area contributed by atoms with Gasteiger partial charge in [0.2, 0.25) is 0 Å². The van der Waals surface area contributed by atoms with Crippen molar-refractivity contribution in [3.63, 3.8) is 0 Å². The molecule has 1 aromatic heterocycles. The lowest BCUT2D eigenvalue weighted by Crippen LogP contribution is -2.42. The van der Waals surface area contributed by atoms with Crippen LogP contribution in [0.3, 0.4) is 0 Å². The number of aromatic carboxylic acids is 1. The van der Waals surface area contributed by atoms with Gasteiger partial charge in [-0.1, -0.05) is 13.8 Å². The van der Waals surface area contributed by atoms with Crippen LogP contribution in [0.2, 0.25) is 0 Å². The highest BCUT2D eigenvalue weighted by Crippen LogP contribution is 2.42. The summed E-state index contributed by atoms with van der Waals surface area (Å²) in [5.74, 6) is -1.03. The maximum Gasteiger partial charge on any atom is 0.337 e. The predicted molar refractivity (Wildman–Crippen MR) is 91.4 cm³/mol. The zero-order chi connectivity index (χ0) is 16.8. The topological polar surface area (TPSA) is 57.6 Å². The molecular formula is C18H25NO3S. The molecule has 0 unspecified atom stereocenters. The summed E-state index contributed by atoms with van der Waals surface area (Å²) in [4.78, 5) is 28.3. The molecular weight excluding hydrogens is 310 g/mol. The molecule has 2 heterocycles. The zero-order valence-corrected chi connectivity index (χ0v) is 15.0. The molecule has 2 aliphatic rings. The molecule has 3 rings (SSSR count). The van der Waals surface area contributed by atoms with E-state index in [1.54, 1.807) is 0 Å². The van der Waals surface area contributed by atoms with Crippen LogP contribution in [0, 0.1) is 5.41 Å². The monoisotopic (exact) mass is 335 g/mol. The Morgan fingerprint density at radius 1 is 1.30 bits per heavy atom. The van der Waals surface area contributed by atoms with Crippen molar-refractivity contribution in [1.82, 2.24) is 4.90 Å². The van der Waals surface area contributed by atoms with Gasteiger partial charge in [-0.05, 0) is 56.4 Å². The fourth-order valence-electron chi connectivity index (χ4n) is 3.83. The Morgan fingerprint density at radius 2 is 2.04 bits per heavy atom. The number of carbonyl (C=O) groups excluding carboxylic acids is 1. The molecule has 0 radical (unpaired) electrons. The largest absolute Gasteiger partial charge is 0.478 e. The van der Waals surface area contributed by atoms with Crippen molar-refractivity contribution < 1.29 is 14.7 Å². The Labute approximate surface area is 141 Å². The number of carbonyl (C=O) groups is 2. The molecule has 1 aliphatic heterocycles. The Bertz CT molecular complexity index is 647. The van der Waals surface area contributed by atoms with E-state index in [0.717, 1.165) is 55.5 Å². The highest BCUT2D eigenvalue weighted by Gasteiger charge is 2.36. The second-order valence-corrected chi connectivity index (χ2v) is 8.80. The lowest BCUT2D eigenvalue weighted by molar-refractivity contribution is 0.0618. The van der Waals surface area contributed by atoms with Gasteiger partial charge in [0.1, 0.15) is 4.88 Å². The van der Waals surface area contributed by atoms with Crippen molar-refractivity contribution >= 4 is 23.2 Å². The van der Waals surface area contributed by atoms with Gasteiger partial charge in [0, 0.05) is 17.5 Å². The molecule has 126 valence electrons. The number of nitrogens with zero attached hydrogens (tertiary/aromatic N) is 1. The van der Waals surface area contributed by atoms with Crippen LogP contribution in [0.15, 0.2) is 0 Å². The molecule has 1 fully saturated rings. The normalized spacial score (nSPS) is 23.4. The molecule has 1 saturated heterocycles. The summed E-state index contributed by atoms with van der Waals surface area (Å²) in [6, 6.07) is 0.202. The summed E-state index contributed by atoms with van der Waals surface area (Å²) in [6.45, 7) is 7.15. The SMILES string of the molecule is C[C@H]1CCCCN1C(=O)c1sc2c(c1C(=O)O)CC(C)(C)CC2. The summed E-state index contributed by atoms with van der Waals surface area (Å²) >= 11 is 1.42. The number of carboxylic acid groups (broad SMARTS) is 1. The van der Waals surface area contributed by atoms with Gasteiger partial charge in [-0.3, -0.25) is 4.79 Å².